The minimum atomic E-state index is -0.819. The second kappa shape index (κ2) is 7.36. The van der Waals surface area contributed by atoms with Gasteiger partial charge in [-0.3, -0.25) is 4.98 Å². The second-order valence-electron chi connectivity index (χ2n) is 6.54. The van der Waals surface area contributed by atoms with Crippen molar-refractivity contribution in [3.8, 4) is 0 Å². The van der Waals surface area contributed by atoms with Gasteiger partial charge in [0, 0.05) is 40.6 Å². The third kappa shape index (κ3) is 3.50. The van der Waals surface area contributed by atoms with Gasteiger partial charge in [0.15, 0.2) is 6.23 Å². The van der Waals surface area contributed by atoms with Crippen LogP contribution in [0.25, 0.3) is 22.6 Å². The molecule has 2 unspecified atom stereocenters. The highest BCUT2D eigenvalue weighted by Gasteiger charge is 2.24. The zero-order chi connectivity index (χ0) is 18.8. The number of hydrogen-bond donors (Lipinski definition) is 5. The summed E-state index contributed by atoms with van der Waals surface area (Å²) < 4.78 is 0. The topological polar surface area (TPSA) is 97.6 Å². The van der Waals surface area contributed by atoms with Crippen LogP contribution in [0, 0.1) is 0 Å². The van der Waals surface area contributed by atoms with E-state index in [4.69, 9.17) is 5.11 Å². The molecule has 0 bridgehead atoms. The quantitative estimate of drug-likeness (QED) is 0.477. The van der Waals surface area contributed by atoms with Gasteiger partial charge in [0.2, 0.25) is 0 Å². The number of aromatic nitrogens is 1. The van der Waals surface area contributed by atoms with E-state index in [1.807, 2.05) is 54.6 Å². The number of aliphatic hydroxyl groups excluding tert-OH is 3. The normalized spacial score (nSPS) is 18.3. The Kier molecular flexibility index (Phi) is 4.77. The first-order valence-electron chi connectivity index (χ1n) is 8.83. The zero-order valence-electron chi connectivity index (χ0n) is 14.6. The molecule has 0 amide bonds. The van der Waals surface area contributed by atoms with E-state index in [0.29, 0.717) is 0 Å². The molecule has 2 atom stereocenters. The number of para-hydroxylation sites is 1. The van der Waals surface area contributed by atoms with Crippen molar-refractivity contribution in [3.63, 3.8) is 0 Å². The monoisotopic (exact) mass is 363 g/mol. The zero-order valence-corrected chi connectivity index (χ0v) is 14.6. The summed E-state index contributed by atoms with van der Waals surface area (Å²) in [5.74, 6) is 0. The maximum absolute atomic E-state index is 10.5. The van der Waals surface area contributed by atoms with Crippen molar-refractivity contribution in [3.05, 3.63) is 65.9 Å². The molecule has 0 spiro atoms. The van der Waals surface area contributed by atoms with E-state index in [1.54, 1.807) is 6.20 Å². The van der Waals surface area contributed by atoms with Crippen LogP contribution >= 0.6 is 0 Å². The molecular formula is C21H21N3O3. The van der Waals surface area contributed by atoms with Crippen LogP contribution in [0.4, 0.5) is 11.4 Å². The van der Waals surface area contributed by atoms with E-state index in [-0.39, 0.29) is 13.2 Å². The molecule has 6 heteroatoms. The van der Waals surface area contributed by atoms with Gasteiger partial charge >= 0.3 is 0 Å². The van der Waals surface area contributed by atoms with Crippen molar-refractivity contribution in [1.29, 1.82) is 0 Å². The summed E-state index contributed by atoms with van der Waals surface area (Å²) in [7, 11) is 0. The molecule has 0 saturated carbocycles. The standard InChI is InChI=1S/C21H21N3O3/c25-12-15(26)11-23-14-5-6-20-17(10-14)18(21(27)24-20)9-13-7-8-22-19-4-2-1-3-16(13)19/h1-10,15,21,23-27H,11-12H2. The molecule has 2 aromatic carbocycles. The van der Waals surface area contributed by atoms with Gasteiger partial charge in [-0.1, -0.05) is 18.2 Å². The number of rotatable bonds is 5. The first-order valence-corrected chi connectivity index (χ1v) is 8.83. The fourth-order valence-corrected chi connectivity index (χ4v) is 3.26. The molecule has 1 aliphatic rings. The first kappa shape index (κ1) is 17.5. The van der Waals surface area contributed by atoms with Crippen LogP contribution in [0.3, 0.4) is 0 Å². The lowest BCUT2D eigenvalue weighted by Gasteiger charge is -2.11. The Hall–Kier alpha value is -2.93. The van der Waals surface area contributed by atoms with Crippen molar-refractivity contribution >= 4 is 33.9 Å². The van der Waals surface area contributed by atoms with E-state index >= 15 is 0 Å². The van der Waals surface area contributed by atoms with Crippen LogP contribution in [0.5, 0.6) is 0 Å². The molecule has 0 saturated heterocycles. The van der Waals surface area contributed by atoms with Crippen LogP contribution in [-0.4, -0.2) is 45.8 Å². The number of hydrogen-bond acceptors (Lipinski definition) is 6. The van der Waals surface area contributed by atoms with E-state index in [9.17, 15) is 10.2 Å². The molecule has 0 fully saturated rings. The van der Waals surface area contributed by atoms with Crippen molar-refractivity contribution < 1.29 is 15.3 Å². The second-order valence-corrected chi connectivity index (χ2v) is 6.54. The number of nitrogens with one attached hydrogen (secondary N) is 2. The summed E-state index contributed by atoms with van der Waals surface area (Å²) >= 11 is 0. The van der Waals surface area contributed by atoms with E-state index in [1.165, 1.54) is 0 Å². The summed E-state index contributed by atoms with van der Waals surface area (Å²) in [6.07, 6.45) is 2.11. The van der Waals surface area contributed by atoms with Crippen molar-refractivity contribution in [2.45, 2.75) is 12.3 Å². The number of nitrogens with zero attached hydrogens (tertiary/aromatic N) is 1. The predicted octanol–water partition coefficient (Wildman–Crippen LogP) is 2.28. The largest absolute Gasteiger partial charge is 0.394 e. The lowest BCUT2D eigenvalue weighted by Crippen LogP contribution is -2.22. The highest BCUT2D eigenvalue weighted by atomic mass is 16.3. The van der Waals surface area contributed by atoms with Crippen molar-refractivity contribution in [1.82, 2.24) is 4.98 Å². The summed E-state index contributed by atoms with van der Waals surface area (Å²) in [6, 6.07) is 15.5. The third-order valence-corrected chi connectivity index (χ3v) is 4.66. The first-order chi connectivity index (χ1) is 13.2. The smallest absolute Gasteiger partial charge is 0.151 e. The number of benzene rings is 2. The summed E-state index contributed by atoms with van der Waals surface area (Å²) in [4.78, 5) is 4.38. The number of anilines is 2. The van der Waals surface area contributed by atoms with Crippen LogP contribution in [-0.2, 0) is 0 Å². The highest BCUT2D eigenvalue weighted by Crippen LogP contribution is 2.37. The van der Waals surface area contributed by atoms with E-state index in [2.05, 4.69) is 15.6 Å². The minimum absolute atomic E-state index is 0.249. The average molecular weight is 363 g/mol. The van der Waals surface area contributed by atoms with Crippen LogP contribution in [0.2, 0.25) is 0 Å². The molecule has 27 heavy (non-hydrogen) atoms. The molecule has 5 N–H and O–H groups in total. The summed E-state index contributed by atoms with van der Waals surface area (Å²) in [5, 5.41) is 36.2. The summed E-state index contributed by atoms with van der Waals surface area (Å²) in [6.45, 7) is -0.0439. The van der Waals surface area contributed by atoms with Gasteiger partial charge in [-0.2, -0.15) is 0 Å². The molecule has 2 heterocycles. The fraction of sp³-hybridized carbons (Fsp3) is 0.190. The van der Waals surface area contributed by atoms with Crippen LogP contribution in [0.1, 0.15) is 11.1 Å². The fourth-order valence-electron chi connectivity index (χ4n) is 3.26. The minimum Gasteiger partial charge on any atom is -0.394 e. The van der Waals surface area contributed by atoms with Crippen LogP contribution < -0.4 is 10.6 Å². The molecule has 0 radical (unpaired) electrons. The van der Waals surface area contributed by atoms with E-state index < -0.39 is 12.3 Å². The van der Waals surface area contributed by atoms with Gasteiger partial charge in [-0.25, -0.2) is 0 Å². The number of pyridine rings is 1. The Bertz CT molecular complexity index is 998. The molecule has 138 valence electrons. The Balaban J connectivity index is 1.71. The van der Waals surface area contributed by atoms with Gasteiger partial charge in [-0.05, 0) is 42.0 Å². The van der Waals surface area contributed by atoms with Crippen molar-refractivity contribution in [2.24, 2.45) is 0 Å². The lowest BCUT2D eigenvalue weighted by molar-refractivity contribution is 0.105. The molecule has 1 aliphatic heterocycles. The van der Waals surface area contributed by atoms with E-state index in [0.717, 1.165) is 39.0 Å². The molecule has 0 aliphatic carbocycles. The van der Waals surface area contributed by atoms with Crippen molar-refractivity contribution in [2.75, 3.05) is 23.8 Å². The Morgan fingerprint density at radius 2 is 2.04 bits per heavy atom. The predicted molar refractivity (Wildman–Crippen MR) is 107 cm³/mol. The van der Waals surface area contributed by atoms with Crippen LogP contribution in [0.15, 0.2) is 54.7 Å². The highest BCUT2D eigenvalue weighted by molar-refractivity contribution is 5.99. The SMILES string of the molecule is OCC(O)CNc1ccc2c(c1)C(=Cc1ccnc3ccccc13)C(O)N2. The van der Waals surface area contributed by atoms with Gasteiger partial charge in [-0.15, -0.1) is 0 Å². The Morgan fingerprint density at radius 3 is 2.89 bits per heavy atom. The third-order valence-electron chi connectivity index (χ3n) is 4.66. The number of aliphatic hydroxyl groups is 3. The molecule has 1 aromatic heterocycles. The Morgan fingerprint density at radius 1 is 1.19 bits per heavy atom. The molecule has 6 nitrogen and oxygen atoms in total. The maximum atomic E-state index is 10.5. The number of fused-ring (bicyclic) bond motifs is 2. The lowest BCUT2D eigenvalue weighted by atomic mass is 10.0. The molecule has 3 aromatic rings. The average Bonchev–Trinajstić information content (AvgIpc) is 3.01. The summed E-state index contributed by atoms with van der Waals surface area (Å²) in [5.41, 5.74) is 5.21. The van der Waals surface area contributed by atoms with Gasteiger partial charge < -0.3 is 26.0 Å². The Labute approximate surface area is 156 Å². The maximum Gasteiger partial charge on any atom is 0.151 e. The molecular weight excluding hydrogens is 342 g/mol. The van der Waals surface area contributed by atoms with Gasteiger partial charge in [0.1, 0.15) is 0 Å². The molecule has 4 rings (SSSR count). The van der Waals surface area contributed by atoms with Gasteiger partial charge in [0.05, 0.1) is 18.2 Å². The van der Waals surface area contributed by atoms with Gasteiger partial charge in [0.25, 0.3) is 0 Å².